The summed E-state index contributed by atoms with van der Waals surface area (Å²) in [6, 6.07) is -1.40. The van der Waals surface area contributed by atoms with Crippen molar-refractivity contribution in [3.05, 3.63) is 0 Å². The summed E-state index contributed by atoms with van der Waals surface area (Å²) in [7, 11) is 3.43. The predicted octanol–water partition coefficient (Wildman–Crippen LogP) is 0.871. The summed E-state index contributed by atoms with van der Waals surface area (Å²) in [6.45, 7) is -0.203. The van der Waals surface area contributed by atoms with Crippen molar-refractivity contribution in [2.75, 3.05) is 13.5 Å². The van der Waals surface area contributed by atoms with Gasteiger partial charge in [-0.25, -0.2) is 9.59 Å². The molecule has 0 rings (SSSR count). The normalized spacial score (nSPS) is 9.26. The first-order chi connectivity index (χ1) is 8.91. The summed E-state index contributed by atoms with van der Waals surface area (Å²) in [6.07, 6.45) is 0. The van der Waals surface area contributed by atoms with Crippen molar-refractivity contribution >= 4 is 76.7 Å². The van der Waals surface area contributed by atoms with Gasteiger partial charge in [-0.15, -0.1) is 0 Å². The molecule has 19 heavy (non-hydrogen) atoms. The maximum atomic E-state index is 10.3. The number of thiocarbonyl (C=S) groups is 2. The molecule has 0 aromatic rings. The highest BCUT2D eigenvalue weighted by Gasteiger charge is 2.05. The standard InChI is InChI=1S/C6H10N4O4S5/c7-3(11)9-1-13-5(15)17-19-18-6(16)14-2-10-4(8)12/h1-2H2,(H3,7,9,11)(H3,8,10,12). The molecule has 0 saturated heterocycles. The van der Waals surface area contributed by atoms with Gasteiger partial charge in [0.1, 0.15) is 0 Å². The lowest BCUT2D eigenvalue weighted by Gasteiger charge is -2.07. The highest BCUT2D eigenvalue weighted by atomic mass is 33.5. The van der Waals surface area contributed by atoms with Crippen LogP contribution in [0, 0.1) is 0 Å². The number of nitrogens with two attached hydrogens (primary N) is 2. The molecule has 0 radical (unpaired) electrons. The van der Waals surface area contributed by atoms with Gasteiger partial charge in [0.15, 0.2) is 13.5 Å². The van der Waals surface area contributed by atoms with E-state index in [1.165, 1.54) is 9.83 Å². The highest BCUT2D eigenvalue weighted by molar-refractivity contribution is 9.15. The zero-order chi connectivity index (χ0) is 14.7. The molecule has 0 unspecified atom stereocenters. The fourth-order valence-corrected chi connectivity index (χ4v) is 4.46. The molecule has 4 amide bonds. The molecule has 0 spiro atoms. The molecule has 0 fully saturated rings. The first-order valence-electron chi connectivity index (χ1n) is 4.33. The van der Waals surface area contributed by atoms with E-state index in [9.17, 15) is 9.59 Å². The van der Waals surface area contributed by atoms with E-state index in [2.05, 4.69) is 10.6 Å². The van der Waals surface area contributed by atoms with E-state index in [4.69, 9.17) is 45.4 Å². The molecule has 0 aliphatic rings. The summed E-state index contributed by atoms with van der Waals surface area (Å²) in [5.41, 5.74) is 9.65. The van der Waals surface area contributed by atoms with Crippen molar-refractivity contribution in [2.45, 2.75) is 0 Å². The van der Waals surface area contributed by atoms with Gasteiger partial charge in [-0.05, 0) is 34.3 Å². The third-order valence-corrected chi connectivity index (χ3v) is 5.63. The Bertz CT molecular complexity index is 323. The van der Waals surface area contributed by atoms with Gasteiger partial charge in [0.2, 0.25) is 8.77 Å². The zero-order valence-corrected chi connectivity index (χ0v) is 13.3. The average Bonchev–Trinajstić information content (AvgIpc) is 2.27. The number of hydrogen-bond acceptors (Lipinski definition) is 9. The van der Waals surface area contributed by atoms with Crippen molar-refractivity contribution in [2.24, 2.45) is 11.5 Å². The second kappa shape index (κ2) is 11.2. The number of amides is 4. The third-order valence-electron chi connectivity index (χ3n) is 1.08. The molecule has 0 aliphatic heterocycles. The zero-order valence-electron chi connectivity index (χ0n) is 9.24. The second-order valence-electron chi connectivity index (χ2n) is 2.39. The van der Waals surface area contributed by atoms with E-state index in [-0.39, 0.29) is 22.2 Å². The van der Waals surface area contributed by atoms with Gasteiger partial charge in [0.25, 0.3) is 0 Å². The average molecular weight is 363 g/mol. The minimum Gasteiger partial charge on any atom is -0.457 e. The predicted molar refractivity (Wildman–Crippen MR) is 85.3 cm³/mol. The Labute approximate surface area is 131 Å². The molecule has 0 atom stereocenters. The van der Waals surface area contributed by atoms with Gasteiger partial charge >= 0.3 is 12.1 Å². The first-order valence-corrected chi connectivity index (χ1v) is 8.63. The van der Waals surface area contributed by atoms with Crippen molar-refractivity contribution in [3.8, 4) is 0 Å². The van der Waals surface area contributed by atoms with Gasteiger partial charge in [0.05, 0.1) is 0 Å². The van der Waals surface area contributed by atoms with Crippen molar-refractivity contribution < 1.29 is 19.1 Å². The van der Waals surface area contributed by atoms with Gasteiger partial charge in [-0.3, -0.25) is 0 Å². The van der Waals surface area contributed by atoms with Crippen LogP contribution in [0.3, 0.4) is 0 Å². The maximum absolute atomic E-state index is 10.3. The van der Waals surface area contributed by atoms with Crippen LogP contribution in [-0.4, -0.2) is 34.3 Å². The van der Waals surface area contributed by atoms with E-state index >= 15 is 0 Å². The molecule has 0 aliphatic carbocycles. The number of hydrogen-bond donors (Lipinski definition) is 4. The number of urea groups is 2. The van der Waals surface area contributed by atoms with Crippen LogP contribution in [0.15, 0.2) is 0 Å². The van der Waals surface area contributed by atoms with E-state index in [0.717, 1.165) is 21.6 Å². The van der Waals surface area contributed by atoms with Gasteiger partial charge in [-0.1, -0.05) is 0 Å². The fraction of sp³-hybridized carbons (Fsp3) is 0.333. The minimum atomic E-state index is -0.702. The molecular weight excluding hydrogens is 352 g/mol. The molecule has 8 nitrogen and oxygen atoms in total. The number of carbonyl (C=O) groups excluding carboxylic acids is 2. The highest BCUT2D eigenvalue weighted by Crippen LogP contribution is 2.37. The number of primary amides is 2. The Kier molecular flexibility index (Phi) is 10.8. The van der Waals surface area contributed by atoms with Gasteiger partial charge in [-0.2, -0.15) is 0 Å². The van der Waals surface area contributed by atoms with Crippen molar-refractivity contribution in [3.63, 3.8) is 0 Å². The second-order valence-corrected chi connectivity index (χ2v) is 7.50. The molecular formula is C6H10N4O4S5. The Morgan fingerprint density at radius 3 is 1.63 bits per heavy atom. The summed E-state index contributed by atoms with van der Waals surface area (Å²) in [5.74, 6) is 0. The molecule has 13 heteroatoms. The molecule has 0 bridgehead atoms. The number of ether oxygens (including phenoxy) is 2. The van der Waals surface area contributed by atoms with E-state index in [0.29, 0.717) is 0 Å². The van der Waals surface area contributed by atoms with Crippen LogP contribution < -0.4 is 22.1 Å². The lowest BCUT2D eigenvalue weighted by atomic mass is 11.0. The first kappa shape index (κ1) is 18.4. The number of carbonyl (C=O) groups is 2. The van der Waals surface area contributed by atoms with Crippen molar-refractivity contribution in [1.29, 1.82) is 0 Å². The van der Waals surface area contributed by atoms with Crippen LogP contribution in [-0.2, 0) is 9.47 Å². The molecule has 0 saturated carbocycles. The topological polar surface area (TPSA) is 129 Å². The number of nitrogens with one attached hydrogen (secondary N) is 2. The molecule has 6 N–H and O–H groups in total. The summed E-state index contributed by atoms with van der Waals surface area (Å²) < 4.78 is 10.3. The summed E-state index contributed by atoms with van der Waals surface area (Å²) in [5, 5.41) is 4.42. The van der Waals surface area contributed by atoms with E-state index in [1.807, 2.05) is 0 Å². The molecule has 108 valence electrons. The molecule has 0 aromatic heterocycles. The summed E-state index contributed by atoms with van der Waals surface area (Å²) >= 11 is 9.67. The van der Waals surface area contributed by atoms with Crippen LogP contribution in [0.5, 0.6) is 0 Å². The Morgan fingerprint density at radius 2 is 1.32 bits per heavy atom. The smallest absolute Gasteiger partial charge is 0.314 e. The van der Waals surface area contributed by atoms with E-state index < -0.39 is 12.1 Å². The summed E-state index contributed by atoms with van der Waals surface area (Å²) in [4.78, 5) is 20.7. The Balaban J connectivity index is 3.50. The van der Waals surface area contributed by atoms with Crippen LogP contribution >= 0.6 is 55.8 Å². The third kappa shape index (κ3) is 13.6. The lowest BCUT2D eigenvalue weighted by molar-refractivity contribution is 0.230. The monoisotopic (exact) mass is 362 g/mol. The SMILES string of the molecule is NC(=O)NCOC(=S)SSSC(=S)OCNC(N)=O. The molecule has 0 heterocycles. The molecule has 0 aromatic carbocycles. The number of rotatable bonds is 6. The van der Waals surface area contributed by atoms with Gasteiger partial charge < -0.3 is 31.6 Å². The Morgan fingerprint density at radius 1 is 0.947 bits per heavy atom. The minimum absolute atomic E-state index is 0.101. The van der Waals surface area contributed by atoms with Crippen LogP contribution in [0.25, 0.3) is 0 Å². The quantitative estimate of drug-likeness (QED) is 0.309. The Hall–Kier alpha value is -0.630. The fourth-order valence-electron chi connectivity index (χ4n) is 0.453. The van der Waals surface area contributed by atoms with Crippen LogP contribution in [0.1, 0.15) is 0 Å². The van der Waals surface area contributed by atoms with Crippen molar-refractivity contribution in [1.82, 2.24) is 10.6 Å². The largest absolute Gasteiger partial charge is 0.457 e. The lowest BCUT2D eigenvalue weighted by Crippen LogP contribution is -2.31. The van der Waals surface area contributed by atoms with Crippen LogP contribution in [0.2, 0.25) is 0 Å². The maximum Gasteiger partial charge on any atom is 0.314 e. The van der Waals surface area contributed by atoms with Crippen LogP contribution in [0.4, 0.5) is 9.59 Å². The van der Waals surface area contributed by atoms with E-state index in [1.54, 1.807) is 0 Å². The van der Waals surface area contributed by atoms with Gasteiger partial charge in [0, 0.05) is 21.6 Å².